The Morgan fingerprint density at radius 3 is 0.969 bits per heavy atom. The Kier molecular flexibility index (Phi) is 15.0. The van der Waals surface area contributed by atoms with Gasteiger partial charge in [0.25, 0.3) is 0 Å². The van der Waals surface area contributed by atoms with Gasteiger partial charge >= 0.3 is 24.7 Å². The van der Waals surface area contributed by atoms with Gasteiger partial charge in [-0.3, -0.25) is 0 Å². The Labute approximate surface area is 541 Å². The number of alkyl halides is 12. The van der Waals surface area contributed by atoms with Crippen LogP contribution in [-0.2, 0) is 24.7 Å². The highest BCUT2D eigenvalue weighted by Gasteiger charge is 2.36. The van der Waals surface area contributed by atoms with E-state index in [1.165, 1.54) is 24.3 Å². The van der Waals surface area contributed by atoms with Crippen LogP contribution in [0.3, 0.4) is 0 Å². The van der Waals surface area contributed by atoms with E-state index < -0.39 is 47.0 Å². The summed E-state index contributed by atoms with van der Waals surface area (Å²) < 4.78 is 176. The van der Waals surface area contributed by atoms with Crippen LogP contribution >= 0.6 is 0 Å². The van der Waals surface area contributed by atoms with E-state index in [0.29, 0.717) is 133 Å². The third-order valence-corrected chi connectivity index (χ3v) is 17.9. The Morgan fingerprint density at radius 2 is 0.646 bits per heavy atom. The highest BCUT2D eigenvalue weighted by atomic mass is 19.4. The van der Waals surface area contributed by atoms with Crippen molar-refractivity contribution in [3.8, 4) is 95.6 Å². The molecule has 0 aliphatic rings. The molecule has 0 N–H and O–H groups in total. The van der Waals surface area contributed by atoms with E-state index in [9.17, 15) is 44.8 Å². The predicted octanol–water partition coefficient (Wildman–Crippen LogP) is 24.1. The largest absolute Gasteiger partial charge is 0.417 e. The predicted molar refractivity (Wildman–Crippen MR) is 355 cm³/mol. The van der Waals surface area contributed by atoms with Crippen LogP contribution in [0.4, 0.5) is 52.7 Å². The molecular formula is C80H50F12N4. The smallest absolute Gasteiger partial charge is 0.308 e. The van der Waals surface area contributed by atoms with Gasteiger partial charge in [0, 0.05) is 32.7 Å². The standard InChI is InChI=1S/C80H50F12N4/c1-44-15-23-62(68(31-44)80(90,91)92)53-19-30-74-66(38-53)65-37-52(61-26-22-58(34-47(61)4)79(87,88)89)18-29-73(65)96(74)76-42-55(54-39-69(48-11-7-5-8-12-48)94-70(40-54)49-13-9-6-10-14-49)41-75(67(76)43-93)95-71-27-16-50(59-24-20-56(32-45(59)2)77(81,82)83)35-63(71)64-36-51(17-28-72(64)95)60-25-21-57(33-46(60)3)78(84,85)86/h5-42H,1-4H3. The molecular weight excluding hydrogens is 1240 g/mol. The summed E-state index contributed by atoms with van der Waals surface area (Å²) in [7, 11) is 0. The summed E-state index contributed by atoms with van der Waals surface area (Å²) in [5, 5.41) is 14.2. The maximum atomic E-state index is 15.1. The van der Waals surface area contributed by atoms with Crippen molar-refractivity contribution in [3.05, 3.63) is 281 Å². The topological polar surface area (TPSA) is 46.5 Å². The van der Waals surface area contributed by atoms with Crippen molar-refractivity contribution in [2.24, 2.45) is 0 Å². The van der Waals surface area contributed by atoms with Gasteiger partial charge in [0.15, 0.2) is 0 Å². The second kappa shape index (κ2) is 23.1. The van der Waals surface area contributed by atoms with Gasteiger partial charge in [-0.05, 0) is 215 Å². The molecule has 0 amide bonds. The van der Waals surface area contributed by atoms with Crippen LogP contribution in [0, 0.1) is 39.0 Å². The van der Waals surface area contributed by atoms with E-state index in [0.717, 1.165) is 53.6 Å². The van der Waals surface area contributed by atoms with Crippen LogP contribution in [0.15, 0.2) is 231 Å². The third kappa shape index (κ3) is 11.2. The van der Waals surface area contributed by atoms with Gasteiger partial charge in [-0.1, -0.05) is 121 Å². The highest BCUT2D eigenvalue weighted by molar-refractivity contribution is 6.14. The maximum Gasteiger partial charge on any atom is 0.417 e. The molecule has 11 aromatic carbocycles. The van der Waals surface area contributed by atoms with Crippen molar-refractivity contribution in [1.29, 1.82) is 5.26 Å². The number of nitriles is 1. The summed E-state index contributed by atoms with van der Waals surface area (Å²) in [6.45, 7) is 6.28. The first kappa shape index (κ1) is 62.3. The van der Waals surface area contributed by atoms with E-state index in [-0.39, 0.29) is 16.7 Å². The lowest BCUT2D eigenvalue weighted by Gasteiger charge is -2.19. The van der Waals surface area contributed by atoms with Crippen molar-refractivity contribution in [1.82, 2.24) is 14.1 Å². The van der Waals surface area contributed by atoms with Gasteiger partial charge in [-0.25, -0.2) is 4.98 Å². The minimum Gasteiger partial charge on any atom is -0.308 e. The van der Waals surface area contributed by atoms with Crippen LogP contribution in [0.1, 0.15) is 50.1 Å². The fourth-order valence-electron chi connectivity index (χ4n) is 13.3. The fraction of sp³-hybridized carbons (Fsp3) is 0.100. The molecule has 4 nitrogen and oxygen atoms in total. The summed E-state index contributed by atoms with van der Waals surface area (Å²) in [5.41, 5.74) is 7.71. The van der Waals surface area contributed by atoms with Crippen molar-refractivity contribution in [2.75, 3.05) is 0 Å². The first-order valence-electron chi connectivity index (χ1n) is 30.3. The number of hydrogen-bond donors (Lipinski definition) is 0. The molecule has 0 spiro atoms. The molecule has 0 fully saturated rings. The lowest BCUT2D eigenvalue weighted by Crippen LogP contribution is -2.07. The van der Waals surface area contributed by atoms with E-state index >= 15 is 13.2 Å². The van der Waals surface area contributed by atoms with Crippen LogP contribution in [0.2, 0.25) is 0 Å². The SMILES string of the molecule is Cc1ccc(-c2ccc3c(c2)c2cc(-c4ccc(C(F)(F)F)cc4C)ccc2n3-c2cc(-c3cc(-c4ccccc4)nc(-c4ccccc4)c3)cc(-n3c4ccc(-c5ccc(C(F)(F)F)cc5C)cc4c4cc(-c5ccc(C(F)(F)F)cc5C)ccc43)c2C#N)c(C(F)(F)F)c1. The summed E-state index contributed by atoms with van der Waals surface area (Å²) in [4.78, 5) is 5.17. The molecule has 14 rings (SSSR count). The molecule has 0 saturated carbocycles. The van der Waals surface area contributed by atoms with Gasteiger partial charge in [-0.2, -0.15) is 57.9 Å². The molecule has 0 bridgehead atoms. The molecule has 3 aromatic heterocycles. The summed E-state index contributed by atoms with van der Waals surface area (Å²) in [6.07, 6.45) is -18.6. The summed E-state index contributed by atoms with van der Waals surface area (Å²) in [6, 6.07) is 64.7. The Hall–Kier alpha value is -11.2. The molecule has 0 unspecified atom stereocenters. The van der Waals surface area contributed by atoms with Crippen molar-refractivity contribution in [3.63, 3.8) is 0 Å². The van der Waals surface area contributed by atoms with Crippen LogP contribution in [0.25, 0.3) is 133 Å². The molecule has 14 aromatic rings. The molecule has 0 atom stereocenters. The Bertz CT molecular complexity index is 5350. The van der Waals surface area contributed by atoms with Gasteiger partial charge in [0.2, 0.25) is 0 Å². The molecule has 474 valence electrons. The average Bonchev–Trinajstić information content (AvgIpc) is 1.55. The number of rotatable bonds is 9. The van der Waals surface area contributed by atoms with E-state index in [1.54, 1.807) is 94.4 Å². The molecule has 0 radical (unpaired) electrons. The quantitative estimate of drug-likeness (QED) is 0.135. The highest BCUT2D eigenvalue weighted by Crippen LogP contribution is 2.47. The number of aromatic nitrogens is 3. The monoisotopic (exact) mass is 1290 g/mol. The second-order valence-corrected chi connectivity index (χ2v) is 24.1. The van der Waals surface area contributed by atoms with Gasteiger partial charge in [-0.15, -0.1) is 0 Å². The normalized spacial score (nSPS) is 12.4. The molecule has 3 heterocycles. The van der Waals surface area contributed by atoms with E-state index in [1.807, 2.05) is 106 Å². The van der Waals surface area contributed by atoms with Crippen molar-refractivity contribution in [2.45, 2.75) is 52.4 Å². The second-order valence-electron chi connectivity index (χ2n) is 24.1. The lowest BCUT2D eigenvalue weighted by molar-refractivity contribution is -0.138. The third-order valence-electron chi connectivity index (χ3n) is 17.9. The number of pyridine rings is 1. The fourth-order valence-corrected chi connectivity index (χ4v) is 13.3. The lowest BCUT2D eigenvalue weighted by atomic mass is 9.95. The van der Waals surface area contributed by atoms with Crippen LogP contribution < -0.4 is 0 Å². The minimum absolute atomic E-state index is 0.0897. The molecule has 0 saturated heterocycles. The molecule has 0 aliphatic carbocycles. The van der Waals surface area contributed by atoms with Crippen LogP contribution in [-0.4, -0.2) is 14.1 Å². The van der Waals surface area contributed by atoms with Crippen molar-refractivity contribution >= 4 is 43.6 Å². The molecule has 0 aliphatic heterocycles. The van der Waals surface area contributed by atoms with Crippen molar-refractivity contribution < 1.29 is 52.7 Å². The van der Waals surface area contributed by atoms with Gasteiger partial charge < -0.3 is 9.13 Å². The number of hydrogen-bond acceptors (Lipinski definition) is 2. The minimum atomic E-state index is -4.76. The first-order valence-corrected chi connectivity index (χ1v) is 30.3. The van der Waals surface area contributed by atoms with Gasteiger partial charge in [0.05, 0.1) is 67.1 Å². The van der Waals surface area contributed by atoms with E-state index in [4.69, 9.17) is 4.98 Å². The summed E-state index contributed by atoms with van der Waals surface area (Å²) >= 11 is 0. The zero-order chi connectivity index (χ0) is 67.5. The summed E-state index contributed by atoms with van der Waals surface area (Å²) in [5.74, 6) is 0. The number of nitrogens with zero attached hydrogens (tertiary/aromatic N) is 4. The Balaban J connectivity index is 1.10. The number of benzene rings is 11. The molecule has 96 heavy (non-hydrogen) atoms. The zero-order valence-electron chi connectivity index (χ0n) is 51.3. The number of halogens is 12. The number of fused-ring (bicyclic) bond motifs is 6. The Morgan fingerprint density at radius 1 is 0.312 bits per heavy atom. The van der Waals surface area contributed by atoms with Gasteiger partial charge in [0.1, 0.15) is 11.6 Å². The zero-order valence-corrected chi connectivity index (χ0v) is 51.3. The van der Waals surface area contributed by atoms with Crippen LogP contribution in [0.5, 0.6) is 0 Å². The first-order chi connectivity index (χ1) is 45.7. The molecule has 16 heteroatoms. The average molecular weight is 1300 g/mol. The number of aryl methyl sites for hydroxylation is 4. The maximum absolute atomic E-state index is 15.1. The van der Waals surface area contributed by atoms with E-state index in [2.05, 4.69) is 6.07 Å².